The maximum absolute atomic E-state index is 12.5. The number of carbonyl (C=O) groups excluding carboxylic acids is 3. The highest BCUT2D eigenvalue weighted by molar-refractivity contribution is 6.06. The van der Waals surface area contributed by atoms with Crippen molar-refractivity contribution in [1.82, 2.24) is 10.6 Å². The normalized spacial score (nSPS) is 11.9. The molecule has 0 bridgehead atoms. The van der Waals surface area contributed by atoms with E-state index in [-0.39, 0.29) is 5.70 Å². The average molecular weight is 396 g/mol. The predicted octanol–water partition coefficient (Wildman–Crippen LogP) is 1.97. The van der Waals surface area contributed by atoms with Crippen molar-refractivity contribution in [2.45, 2.75) is 19.9 Å². The Balaban J connectivity index is 2.28. The zero-order valence-electron chi connectivity index (χ0n) is 15.8. The second-order valence-electron chi connectivity index (χ2n) is 6.07. The first kappa shape index (κ1) is 21.4. The number of rotatable bonds is 7. The third-order valence-corrected chi connectivity index (χ3v) is 3.70. The lowest BCUT2D eigenvalue weighted by Gasteiger charge is -2.13. The first-order valence-corrected chi connectivity index (χ1v) is 8.66. The number of carboxylic acid groups (broad SMARTS) is 1. The summed E-state index contributed by atoms with van der Waals surface area (Å²) < 4.78 is 4.95. The van der Waals surface area contributed by atoms with Gasteiger partial charge in [0.05, 0.1) is 0 Å². The number of benzene rings is 2. The van der Waals surface area contributed by atoms with Crippen LogP contribution in [-0.2, 0) is 14.4 Å². The Morgan fingerprint density at radius 1 is 1.00 bits per heavy atom. The average Bonchev–Trinajstić information content (AvgIpc) is 2.68. The third kappa shape index (κ3) is 6.62. The Morgan fingerprint density at radius 2 is 1.62 bits per heavy atom. The Hall–Kier alpha value is -3.94. The smallest absolute Gasteiger partial charge is 0.325 e. The number of carboxylic acids is 1. The van der Waals surface area contributed by atoms with Gasteiger partial charge in [-0.1, -0.05) is 30.3 Å². The largest absolute Gasteiger partial charge is 0.480 e. The van der Waals surface area contributed by atoms with Crippen molar-refractivity contribution in [3.8, 4) is 5.75 Å². The van der Waals surface area contributed by atoms with Gasteiger partial charge < -0.3 is 20.5 Å². The molecule has 0 radical (unpaired) electrons. The molecule has 2 amide bonds. The molecular formula is C21H20N2O6. The van der Waals surface area contributed by atoms with Gasteiger partial charge in [0, 0.05) is 12.5 Å². The number of hydrogen-bond acceptors (Lipinski definition) is 5. The van der Waals surface area contributed by atoms with E-state index in [2.05, 4.69) is 10.6 Å². The highest BCUT2D eigenvalue weighted by Crippen LogP contribution is 2.15. The summed E-state index contributed by atoms with van der Waals surface area (Å²) in [5.74, 6) is -2.63. The van der Waals surface area contributed by atoms with Crippen LogP contribution in [0, 0.1) is 0 Å². The minimum atomic E-state index is -1.21. The van der Waals surface area contributed by atoms with Gasteiger partial charge >= 0.3 is 11.9 Å². The van der Waals surface area contributed by atoms with Crippen LogP contribution >= 0.6 is 0 Å². The van der Waals surface area contributed by atoms with E-state index >= 15 is 0 Å². The summed E-state index contributed by atoms with van der Waals surface area (Å²) in [6.07, 6.45) is 1.39. The molecule has 1 unspecified atom stereocenters. The second kappa shape index (κ2) is 9.84. The van der Waals surface area contributed by atoms with E-state index in [1.165, 1.54) is 32.1 Å². The number of carbonyl (C=O) groups is 4. The molecule has 150 valence electrons. The van der Waals surface area contributed by atoms with Crippen molar-refractivity contribution in [3.63, 3.8) is 0 Å². The summed E-state index contributed by atoms with van der Waals surface area (Å²) in [5.41, 5.74) is 0.734. The molecule has 2 aromatic carbocycles. The van der Waals surface area contributed by atoms with Gasteiger partial charge in [0.2, 0.25) is 0 Å². The van der Waals surface area contributed by atoms with Crippen LogP contribution in [-0.4, -0.2) is 34.9 Å². The summed E-state index contributed by atoms with van der Waals surface area (Å²) in [4.78, 5) is 47.0. The highest BCUT2D eigenvalue weighted by atomic mass is 16.5. The van der Waals surface area contributed by atoms with Crippen molar-refractivity contribution in [2.24, 2.45) is 0 Å². The Labute approximate surface area is 167 Å². The Bertz CT molecular complexity index is 935. The van der Waals surface area contributed by atoms with Gasteiger partial charge in [-0.15, -0.1) is 0 Å². The number of hydrogen-bond donors (Lipinski definition) is 3. The number of nitrogens with one attached hydrogen (secondary N) is 2. The molecular weight excluding hydrogens is 376 g/mol. The van der Waals surface area contributed by atoms with Crippen LogP contribution in [0.4, 0.5) is 0 Å². The van der Waals surface area contributed by atoms with Crippen LogP contribution in [0.25, 0.3) is 6.08 Å². The molecule has 29 heavy (non-hydrogen) atoms. The SMILES string of the molecule is CC(=O)Oc1ccc(C=C(NC(=O)c2ccccc2)C(=O)NC(C)C(=O)O)cc1. The van der Waals surface area contributed by atoms with Crippen molar-refractivity contribution in [2.75, 3.05) is 0 Å². The summed E-state index contributed by atoms with van der Waals surface area (Å²) in [5, 5.41) is 13.8. The first-order valence-electron chi connectivity index (χ1n) is 8.66. The van der Waals surface area contributed by atoms with Crippen LogP contribution in [0.2, 0.25) is 0 Å². The van der Waals surface area contributed by atoms with E-state index in [1.54, 1.807) is 42.5 Å². The fourth-order valence-corrected chi connectivity index (χ4v) is 2.24. The van der Waals surface area contributed by atoms with Crippen molar-refractivity contribution < 1.29 is 29.0 Å². The maximum Gasteiger partial charge on any atom is 0.325 e. The maximum atomic E-state index is 12.5. The quantitative estimate of drug-likeness (QED) is 0.374. The lowest BCUT2D eigenvalue weighted by Crippen LogP contribution is -2.42. The molecule has 8 heteroatoms. The molecule has 2 rings (SSSR count). The van der Waals surface area contributed by atoms with Crippen molar-refractivity contribution in [3.05, 3.63) is 71.4 Å². The second-order valence-corrected chi connectivity index (χ2v) is 6.07. The predicted molar refractivity (Wildman–Crippen MR) is 105 cm³/mol. The van der Waals surface area contributed by atoms with Gasteiger partial charge in [-0.2, -0.15) is 0 Å². The number of aliphatic carboxylic acids is 1. The minimum absolute atomic E-state index is 0.132. The lowest BCUT2D eigenvalue weighted by molar-refractivity contribution is -0.140. The molecule has 0 aliphatic rings. The third-order valence-electron chi connectivity index (χ3n) is 3.70. The molecule has 0 heterocycles. The van der Waals surface area contributed by atoms with E-state index in [4.69, 9.17) is 9.84 Å². The Morgan fingerprint density at radius 3 is 2.17 bits per heavy atom. The standard InChI is InChI=1S/C21H20N2O6/c1-13(21(27)28)22-20(26)18(23-19(25)16-6-4-3-5-7-16)12-15-8-10-17(11-9-15)29-14(2)24/h3-13H,1-2H3,(H,22,26)(H,23,25)(H,27,28). The van der Waals surface area contributed by atoms with Crippen molar-refractivity contribution >= 4 is 29.8 Å². The highest BCUT2D eigenvalue weighted by Gasteiger charge is 2.19. The topological polar surface area (TPSA) is 122 Å². The summed E-state index contributed by atoms with van der Waals surface area (Å²) in [6, 6.07) is 13.4. The monoisotopic (exact) mass is 396 g/mol. The van der Waals surface area contributed by atoms with Crippen LogP contribution in [0.5, 0.6) is 5.75 Å². The number of esters is 1. The molecule has 0 aromatic heterocycles. The van der Waals surface area contributed by atoms with Crippen LogP contribution < -0.4 is 15.4 Å². The van der Waals surface area contributed by atoms with E-state index < -0.39 is 29.8 Å². The van der Waals surface area contributed by atoms with Gasteiger partial charge in [0.15, 0.2) is 0 Å². The molecule has 0 saturated heterocycles. The van der Waals surface area contributed by atoms with Crippen LogP contribution in [0.1, 0.15) is 29.8 Å². The zero-order valence-corrected chi connectivity index (χ0v) is 15.8. The van der Waals surface area contributed by atoms with E-state index in [1.807, 2.05) is 0 Å². The number of amides is 2. The fourth-order valence-electron chi connectivity index (χ4n) is 2.24. The molecule has 1 atom stereocenters. The lowest BCUT2D eigenvalue weighted by atomic mass is 10.1. The first-order chi connectivity index (χ1) is 13.8. The van der Waals surface area contributed by atoms with Gasteiger partial charge in [-0.3, -0.25) is 19.2 Å². The summed E-state index contributed by atoms with van der Waals surface area (Å²) >= 11 is 0. The van der Waals surface area contributed by atoms with Crippen LogP contribution in [0.3, 0.4) is 0 Å². The number of ether oxygens (including phenoxy) is 1. The molecule has 8 nitrogen and oxygen atoms in total. The Kier molecular flexibility index (Phi) is 7.25. The minimum Gasteiger partial charge on any atom is -0.480 e. The molecule has 0 aliphatic heterocycles. The zero-order chi connectivity index (χ0) is 21.4. The van der Waals surface area contributed by atoms with Gasteiger partial charge in [0.1, 0.15) is 17.5 Å². The fraction of sp³-hybridized carbons (Fsp3) is 0.143. The molecule has 0 spiro atoms. The van der Waals surface area contributed by atoms with Crippen molar-refractivity contribution in [1.29, 1.82) is 0 Å². The van der Waals surface area contributed by atoms with Gasteiger partial charge in [-0.25, -0.2) is 0 Å². The van der Waals surface area contributed by atoms with Crippen LogP contribution in [0.15, 0.2) is 60.3 Å². The van der Waals surface area contributed by atoms with E-state index in [0.717, 1.165) is 0 Å². The van der Waals surface area contributed by atoms with Gasteiger partial charge in [-0.05, 0) is 42.8 Å². The molecule has 0 aliphatic carbocycles. The van der Waals surface area contributed by atoms with Gasteiger partial charge in [0.25, 0.3) is 11.8 Å². The molecule has 0 fully saturated rings. The molecule has 0 saturated carbocycles. The summed E-state index contributed by atoms with van der Waals surface area (Å²) in [6.45, 7) is 2.59. The molecule has 3 N–H and O–H groups in total. The molecule has 2 aromatic rings. The summed E-state index contributed by atoms with van der Waals surface area (Å²) in [7, 11) is 0. The van der Waals surface area contributed by atoms with E-state index in [9.17, 15) is 19.2 Å². The van der Waals surface area contributed by atoms with E-state index in [0.29, 0.717) is 16.9 Å².